The monoisotopic (exact) mass is 324 g/mol. The fraction of sp³-hybridized carbons (Fsp3) is 0.200. The number of rotatable bonds is 2. The number of pyridine rings is 2. The molecule has 0 aliphatic carbocycles. The number of hydrogen-bond donors (Lipinski definition) is 0. The van der Waals surface area contributed by atoms with Gasteiger partial charge in [-0.2, -0.15) is 0 Å². The van der Waals surface area contributed by atoms with Crippen LogP contribution in [0.4, 0.5) is 0 Å². The molecule has 3 heteroatoms. The quantitative estimate of drug-likeness (QED) is 0.568. The molecule has 2 nitrogen and oxygen atoms in total. The Kier molecular flexibility index (Phi) is 5.89. The van der Waals surface area contributed by atoms with Gasteiger partial charge in [-0.1, -0.05) is 55.3 Å². The van der Waals surface area contributed by atoms with E-state index in [4.69, 9.17) is 11.6 Å². The predicted octanol–water partition coefficient (Wildman–Crippen LogP) is 6.11. The summed E-state index contributed by atoms with van der Waals surface area (Å²) in [5, 5.41) is 0.634. The van der Waals surface area contributed by atoms with Crippen molar-refractivity contribution in [2.24, 2.45) is 0 Å². The zero-order valence-electron chi connectivity index (χ0n) is 14.0. The molecule has 0 unspecified atom stereocenters. The van der Waals surface area contributed by atoms with E-state index in [1.165, 1.54) is 5.56 Å². The molecule has 2 heterocycles. The Morgan fingerprint density at radius 1 is 0.783 bits per heavy atom. The highest BCUT2D eigenvalue weighted by atomic mass is 35.5. The fourth-order valence-electron chi connectivity index (χ4n) is 2.23. The van der Waals surface area contributed by atoms with Crippen LogP contribution in [0.2, 0.25) is 5.02 Å². The molecular weight excluding hydrogens is 304 g/mol. The van der Waals surface area contributed by atoms with Gasteiger partial charge < -0.3 is 0 Å². The second-order valence-electron chi connectivity index (χ2n) is 5.10. The Labute approximate surface area is 143 Å². The molecule has 0 N–H and O–H groups in total. The summed E-state index contributed by atoms with van der Waals surface area (Å²) in [6.07, 6.45) is 3.53. The highest BCUT2D eigenvalue weighted by Crippen LogP contribution is 2.32. The standard InChI is InChI=1S/C18H15ClN2.C2H6/c1-12-3-6-14(7-4-12)17-9-16(19)11-21-18(17)15-8-5-13(2)20-10-15;1-2/h3-11H,1-2H3;1-2H3. The Balaban J connectivity index is 0.000000924. The van der Waals surface area contributed by atoms with Crippen LogP contribution in [-0.2, 0) is 0 Å². The van der Waals surface area contributed by atoms with Crippen molar-refractivity contribution in [3.05, 3.63) is 71.1 Å². The van der Waals surface area contributed by atoms with Gasteiger partial charge in [0.15, 0.2) is 0 Å². The average molecular weight is 325 g/mol. The molecule has 0 atom stereocenters. The van der Waals surface area contributed by atoms with Crippen LogP contribution in [0.1, 0.15) is 25.1 Å². The van der Waals surface area contributed by atoms with E-state index in [0.717, 1.165) is 28.1 Å². The lowest BCUT2D eigenvalue weighted by Crippen LogP contribution is -1.91. The van der Waals surface area contributed by atoms with Gasteiger partial charge >= 0.3 is 0 Å². The van der Waals surface area contributed by atoms with Gasteiger partial charge in [-0.15, -0.1) is 0 Å². The van der Waals surface area contributed by atoms with Crippen LogP contribution in [0.15, 0.2) is 54.9 Å². The Hall–Kier alpha value is -2.19. The average Bonchev–Trinajstić information content (AvgIpc) is 2.58. The molecule has 0 amide bonds. The molecule has 0 spiro atoms. The molecule has 0 aliphatic heterocycles. The zero-order valence-corrected chi connectivity index (χ0v) is 14.7. The lowest BCUT2D eigenvalue weighted by atomic mass is 9.99. The molecule has 0 bridgehead atoms. The molecule has 2 aromatic heterocycles. The van der Waals surface area contributed by atoms with Gasteiger partial charge in [0.05, 0.1) is 10.7 Å². The summed E-state index contributed by atoms with van der Waals surface area (Å²) in [5.74, 6) is 0. The highest BCUT2D eigenvalue weighted by molar-refractivity contribution is 6.30. The summed E-state index contributed by atoms with van der Waals surface area (Å²) in [5.41, 5.74) is 6.24. The van der Waals surface area contributed by atoms with Crippen LogP contribution in [0, 0.1) is 13.8 Å². The lowest BCUT2D eigenvalue weighted by molar-refractivity contribution is 1.19. The Bertz CT molecular complexity index is 763. The van der Waals surface area contributed by atoms with E-state index in [0.29, 0.717) is 5.02 Å². The summed E-state index contributed by atoms with van der Waals surface area (Å²) in [7, 11) is 0. The highest BCUT2D eigenvalue weighted by Gasteiger charge is 2.10. The van der Waals surface area contributed by atoms with Crippen molar-refractivity contribution >= 4 is 11.6 Å². The minimum absolute atomic E-state index is 0.634. The molecule has 0 saturated heterocycles. The molecule has 0 aliphatic rings. The van der Waals surface area contributed by atoms with E-state index in [2.05, 4.69) is 41.2 Å². The van der Waals surface area contributed by atoms with Crippen LogP contribution in [0.5, 0.6) is 0 Å². The second-order valence-corrected chi connectivity index (χ2v) is 5.54. The first kappa shape index (κ1) is 17.2. The van der Waals surface area contributed by atoms with Gasteiger partial charge in [0, 0.05) is 29.2 Å². The van der Waals surface area contributed by atoms with E-state index in [-0.39, 0.29) is 0 Å². The summed E-state index contributed by atoms with van der Waals surface area (Å²) >= 11 is 6.13. The van der Waals surface area contributed by atoms with Crippen LogP contribution >= 0.6 is 11.6 Å². The third-order valence-corrected chi connectivity index (χ3v) is 3.61. The summed E-state index contributed by atoms with van der Waals surface area (Å²) < 4.78 is 0. The van der Waals surface area contributed by atoms with Crippen molar-refractivity contribution in [1.82, 2.24) is 9.97 Å². The molecule has 0 radical (unpaired) electrons. The van der Waals surface area contributed by atoms with Gasteiger partial charge in [0.1, 0.15) is 0 Å². The molecule has 3 aromatic rings. The van der Waals surface area contributed by atoms with Crippen molar-refractivity contribution in [3.8, 4) is 22.4 Å². The summed E-state index contributed by atoms with van der Waals surface area (Å²) in [4.78, 5) is 8.86. The predicted molar refractivity (Wildman–Crippen MR) is 98.7 cm³/mol. The Morgan fingerprint density at radius 3 is 2.04 bits per heavy atom. The SMILES string of the molecule is CC.Cc1ccc(-c2cc(Cl)cnc2-c2ccc(C)nc2)cc1. The van der Waals surface area contributed by atoms with E-state index in [1.54, 1.807) is 6.20 Å². The maximum absolute atomic E-state index is 6.13. The molecule has 23 heavy (non-hydrogen) atoms. The smallest absolute Gasteiger partial charge is 0.0796 e. The van der Waals surface area contributed by atoms with Crippen molar-refractivity contribution in [2.45, 2.75) is 27.7 Å². The van der Waals surface area contributed by atoms with Gasteiger partial charge in [0.2, 0.25) is 0 Å². The van der Waals surface area contributed by atoms with Gasteiger partial charge in [0.25, 0.3) is 0 Å². The number of nitrogens with zero attached hydrogens (tertiary/aromatic N) is 2. The van der Waals surface area contributed by atoms with Crippen molar-refractivity contribution in [3.63, 3.8) is 0 Å². The first-order valence-corrected chi connectivity index (χ1v) is 8.17. The van der Waals surface area contributed by atoms with Gasteiger partial charge in [-0.05, 0) is 37.6 Å². The minimum Gasteiger partial charge on any atom is -0.261 e. The van der Waals surface area contributed by atoms with Crippen LogP contribution in [0.25, 0.3) is 22.4 Å². The number of aromatic nitrogens is 2. The third-order valence-electron chi connectivity index (χ3n) is 3.40. The van der Waals surface area contributed by atoms with Crippen molar-refractivity contribution in [2.75, 3.05) is 0 Å². The van der Waals surface area contributed by atoms with E-state index < -0.39 is 0 Å². The van der Waals surface area contributed by atoms with E-state index in [1.807, 2.05) is 45.2 Å². The summed E-state index contributed by atoms with van der Waals surface area (Å²) in [6, 6.07) is 14.3. The first-order valence-electron chi connectivity index (χ1n) is 7.79. The van der Waals surface area contributed by atoms with Gasteiger partial charge in [-0.25, -0.2) is 0 Å². The number of hydrogen-bond acceptors (Lipinski definition) is 2. The number of halogens is 1. The maximum Gasteiger partial charge on any atom is 0.0796 e. The topological polar surface area (TPSA) is 25.8 Å². The molecule has 3 rings (SSSR count). The van der Waals surface area contributed by atoms with E-state index in [9.17, 15) is 0 Å². The molecule has 0 fully saturated rings. The second kappa shape index (κ2) is 7.89. The van der Waals surface area contributed by atoms with E-state index >= 15 is 0 Å². The van der Waals surface area contributed by atoms with Crippen LogP contribution < -0.4 is 0 Å². The molecule has 0 saturated carbocycles. The molecule has 1 aromatic carbocycles. The molecule has 118 valence electrons. The molecular formula is C20H21ClN2. The minimum atomic E-state index is 0.634. The first-order chi connectivity index (χ1) is 11.1. The Morgan fingerprint density at radius 2 is 1.43 bits per heavy atom. The van der Waals surface area contributed by atoms with Gasteiger partial charge in [-0.3, -0.25) is 9.97 Å². The summed E-state index contributed by atoms with van der Waals surface area (Å²) in [6.45, 7) is 8.05. The maximum atomic E-state index is 6.13. The van der Waals surface area contributed by atoms with Crippen molar-refractivity contribution in [1.29, 1.82) is 0 Å². The fourth-order valence-corrected chi connectivity index (χ4v) is 2.39. The van der Waals surface area contributed by atoms with Crippen LogP contribution in [0.3, 0.4) is 0 Å². The largest absolute Gasteiger partial charge is 0.261 e. The van der Waals surface area contributed by atoms with Crippen molar-refractivity contribution < 1.29 is 0 Å². The van der Waals surface area contributed by atoms with Crippen LogP contribution in [-0.4, -0.2) is 9.97 Å². The number of benzene rings is 1. The zero-order chi connectivity index (χ0) is 16.8. The third kappa shape index (κ3) is 4.17. The number of aryl methyl sites for hydroxylation is 2. The lowest BCUT2D eigenvalue weighted by Gasteiger charge is -2.10. The normalized spacial score (nSPS) is 9.96.